The van der Waals surface area contributed by atoms with Crippen molar-refractivity contribution in [1.82, 2.24) is 0 Å². The molecule has 0 aliphatic rings. The molecule has 0 unspecified atom stereocenters. The smallest absolute Gasteiger partial charge is 0.271 e. The molecule has 5 nitrogen and oxygen atoms in total. The van der Waals surface area contributed by atoms with Crippen LogP contribution in [0.3, 0.4) is 0 Å². The average Bonchev–Trinajstić information content (AvgIpc) is 2.37. The van der Waals surface area contributed by atoms with Crippen molar-refractivity contribution in [2.75, 3.05) is 10.6 Å². The van der Waals surface area contributed by atoms with Crippen LogP contribution in [0.4, 0.5) is 17.1 Å². The van der Waals surface area contributed by atoms with Gasteiger partial charge in [0.25, 0.3) is 5.69 Å². The Bertz CT molecular complexity index is 681. The quantitative estimate of drug-likeness (QED) is 0.509. The molecule has 2 rings (SSSR count). The van der Waals surface area contributed by atoms with Crippen LogP contribution in [0.15, 0.2) is 42.5 Å². The molecule has 6 heteroatoms. The van der Waals surface area contributed by atoms with E-state index >= 15 is 0 Å². The van der Waals surface area contributed by atoms with Crippen molar-refractivity contribution < 1.29 is 4.92 Å². The minimum absolute atomic E-state index is 0.0224. The molecule has 0 radical (unpaired) electrons. The van der Waals surface area contributed by atoms with Crippen molar-refractivity contribution >= 4 is 34.4 Å². The lowest BCUT2D eigenvalue weighted by Crippen LogP contribution is -2.19. The summed E-state index contributed by atoms with van der Waals surface area (Å²) >= 11 is 5.22. The van der Waals surface area contributed by atoms with Crippen LogP contribution in [-0.2, 0) is 0 Å². The van der Waals surface area contributed by atoms with Gasteiger partial charge in [-0.1, -0.05) is 12.1 Å². The predicted octanol–water partition coefficient (Wildman–Crippen LogP) is 4.02. The van der Waals surface area contributed by atoms with Gasteiger partial charge in [-0.15, -0.1) is 0 Å². The molecular weight excluding hydrogens is 286 g/mol. The highest BCUT2D eigenvalue weighted by Crippen LogP contribution is 2.18. The van der Waals surface area contributed by atoms with Crippen molar-refractivity contribution in [2.45, 2.75) is 13.8 Å². The maximum absolute atomic E-state index is 10.7. The van der Waals surface area contributed by atoms with Crippen LogP contribution in [0.1, 0.15) is 11.1 Å². The first kappa shape index (κ1) is 14.9. The van der Waals surface area contributed by atoms with Crippen molar-refractivity contribution in [3.63, 3.8) is 0 Å². The summed E-state index contributed by atoms with van der Waals surface area (Å²) in [6, 6.07) is 12.2. The lowest BCUT2D eigenvalue weighted by atomic mass is 10.1. The summed E-state index contributed by atoms with van der Waals surface area (Å²) in [4.78, 5) is 10.3. The first-order valence-corrected chi connectivity index (χ1v) is 6.75. The average molecular weight is 301 g/mol. The van der Waals surface area contributed by atoms with E-state index in [1.807, 2.05) is 26.0 Å². The molecule has 0 amide bonds. The number of hydrogen-bond donors (Lipinski definition) is 2. The van der Waals surface area contributed by atoms with E-state index in [1.54, 1.807) is 12.1 Å². The van der Waals surface area contributed by atoms with Crippen LogP contribution in [0.2, 0.25) is 0 Å². The summed E-state index contributed by atoms with van der Waals surface area (Å²) in [5.41, 5.74) is 3.75. The molecule has 0 bridgehead atoms. The Morgan fingerprint density at radius 2 is 1.67 bits per heavy atom. The molecule has 0 saturated carbocycles. The molecule has 2 N–H and O–H groups in total. The number of nitro groups is 1. The van der Waals surface area contributed by atoms with Gasteiger partial charge in [0.1, 0.15) is 0 Å². The number of nitro benzene ring substituents is 1. The Kier molecular flexibility index (Phi) is 4.49. The van der Waals surface area contributed by atoms with Gasteiger partial charge in [0.15, 0.2) is 5.11 Å². The number of aryl methyl sites for hydroxylation is 2. The molecule has 0 aliphatic carbocycles. The fraction of sp³-hybridized carbons (Fsp3) is 0.133. The molecule has 2 aromatic carbocycles. The monoisotopic (exact) mass is 301 g/mol. The van der Waals surface area contributed by atoms with Crippen LogP contribution in [0, 0.1) is 24.0 Å². The van der Waals surface area contributed by atoms with Crippen molar-refractivity contribution in [2.24, 2.45) is 0 Å². The molecule has 0 aliphatic heterocycles. The van der Waals surface area contributed by atoms with Crippen LogP contribution in [-0.4, -0.2) is 10.0 Å². The highest BCUT2D eigenvalue weighted by atomic mass is 32.1. The molecule has 108 valence electrons. The number of anilines is 2. The summed E-state index contributed by atoms with van der Waals surface area (Å²) in [5.74, 6) is 0. The number of rotatable bonds is 3. The van der Waals surface area contributed by atoms with Gasteiger partial charge >= 0.3 is 0 Å². The standard InChI is InChI=1S/C15H15N3O2S/c1-10-6-11(2)8-13(7-10)17-15(21)16-12-4-3-5-14(9-12)18(19)20/h3-9H,1-2H3,(H2,16,17,21). The predicted molar refractivity (Wildman–Crippen MR) is 88.9 cm³/mol. The van der Waals surface area contributed by atoms with Gasteiger partial charge in [-0.2, -0.15) is 0 Å². The number of nitrogens with zero attached hydrogens (tertiary/aromatic N) is 1. The van der Waals surface area contributed by atoms with Crippen LogP contribution < -0.4 is 10.6 Å². The van der Waals surface area contributed by atoms with E-state index in [0.717, 1.165) is 16.8 Å². The van der Waals surface area contributed by atoms with E-state index in [-0.39, 0.29) is 5.69 Å². The summed E-state index contributed by atoms with van der Waals surface area (Å²) in [5, 5.41) is 17.1. The van der Waals surface area contributed by atoms with Crippen molar-refractivity contribution in [3.8, 4) is 0 Å². The van der Waals surface area contributed by atoms with Gasteiger partial charge in [-0.05, 0) is 55.4 Å². The highest BCUT2D eigenvalue weighted by molar-refractivity contribution is 7.80. The first-order chi connectivity index (χ1) is 9.94. The summed E-state index contributed by atoms with van der Waals surface area (Å²) in [6.07, 6.45) is 0. The molecule has 0 atom stereocenters. The third-order valence-corrected chi connectivity index (χ3v) is 3.00. The Hall–Kier alpha value is -2.47. The van der Waals surface area contributed by atoms with Crippen LogP contribution in [0.25, 0.3) is 0 Å². The van der Waals surface area contributed by atoms with E-state index in [2.05, 4.69) is 16.7 Å². The highest BCUT2D eigenvalue weighted by Gasteiger charge is 2.06. The van der Waals surface area contributed by atoms with Gasteiger partial charge < -0.3 is 10.6 Å². The van der Waals surface area contributed by atoms with Crippen molar-refractivity contribution in [1.29, 1.82) is 0 Å². The fourth-order valence-corrected chi connectivity index (χ4v) is 2.27. The second-order valence-electron chi connectivity index (χ2n) is 4.76. The van der Waals surface area contributed by atoms with E-state index in [9.17, 15) is 10.1 Å². The van der Waals surface area contributed by atoms with Gasteiger partial charge in [-0.3, -0.25) is 10.1 Å². The number of benzene rings is 2. The minimum Gasteiger partial charge on any atom is -0.332 e. The van der Waals surface area contributed by atoms with Crippen LogP contribution >= 0.6 is 12.2 Å². The van der Waals surface area contributed by atoms with Gasteiger partial charge in [0, 0.05) is 23.5 Å². The molecular formula is C15H15N3O2S. The summed E-state index contributed by atoms with van der Waals surface area (Å²) < 4.78 is 0. The SMILES string of the molecule is Cc1cc(C)cc(NC(=S)Nc2cccc([N+](=O)[O-])c2)c1. The van der Waals surface area contributed by atoms with E-state index < -0.39 is 4.92 Å². The molecule has 0 saturated heterocycles. The molecule has 0 spiro atoms. The van der Waals surface area contributed by atoms with E-state index in [1.165, 1.54) is 12.1 Å². The Morgan fingerprint density at radius 3 is 2.29 bits per heavy atom. The normalized spacial score (nSPS) is 10.0. The Balaban J connectivity index is 2.08. The Labute approximate surface area is 128 Å². The lowest BCUT2D eigenvalue weighted by Gasteiger charge is -2.11. The topological polar surface area (TPSA) is 67.2 Å². The number of nitrogens with one attached hydrogen (secondary N) is 2. The van der Waals surface area contributed by atoms with E-state index in [0.29, 0.717) is 10.8 Å². The Morgan fingerprint density at radius 1 is 1.05 bits per heavy atom. The molecule has 0 heterocycles. The number of thiocarbonyl (C=S) groups is 1. The van der Waals surface area contributed by atoms with Crippen LogP contribution in [0.5, 0.6) is 0 Å². The van der Waals surface area contributed by atoms with Crippen molar-refractivity contribution in [3.05, 3.63) is 63.7 Å². The maximum atomic E-state index is 10.7. The van der Waals surface area contributed by atoms with Gasteiger partial charge in [0.05, 0.1) is 4.92 Å². The third-order valence-electron chi connectivity index (χ3n) is 2.79. The lowest BCUT2D eigenvalue weighted by molar-refractivity contribution is -0.384. The zero-order chi connectivity index (χ0) is 15.4. The largest absolute Gasteiger partial charge is 0.332 e. The second kappa shape index (κ2) is 6.32. The minimum atomic E-state index is -0.439. The molecule has 0 aromatic heterocycles. The summed E-state index contributed by atoms with van der Waals surface area (Å²) in [6.45, 7) is 4.02. The number of non-ortho nitro benzene ring substituents is 1. The number of hydrogen-bond acceptors (Lipinski definition) is 3. The molecule has 21 heavy (non-hydrogen) atoms. The molecule has 2 aromatic rings. The zero-order valence-electron chi connectivity index (χ0n) is 11.7. The van der Waals surface area contributed by atoms with Gasteiger partial charge in [0.2, 0.25) is 0 Å². The maximum Gasteiger partial charge on any atom is 0.271 e. The zero-order valence-corrected chi connectivity index (χ0v) is 12.5. The summed E-state index contributed by atoms with van der Waals surface area (Å²) in [7, 11) is 0. The third kappa shape index (κ3) is 4.25. The van der Waals surface area contributed by atoms with Gasteiger partial charge in [-0.25, -0.2) is 0 Å². The second-order valence-corrected chi connectivity index (χ2v) is 5.17. The fourth-order valence-electron chi connectivity index (χ4n) is 2.04. The van der Waals surface area contributed by atoms with E-state index in [4.69, 9.17) is 12.2 Å². The first-order valence-electron chi connectivity index (χ1n) is 6.35. The molecule has 0 fully saturated rings.